The van der Waals surface area contributed by atoms with Gasteiger partial charge in [0, 0.05) is 13.1 Å². The summed E-state index contributed by atoms with van der Waals surface area (Å²) in [4.78, 5) is 11.9. The molecule has 2 N–H and O–H groups in total. The van der Waals surface area contributed by atoms with Crippen molar-refractivity contribution in [2.45, 2.75) is 40.5 Å². The van der Waals surface area contributed by atoms with E-state index in [9.17, 15) is 4.79 Å². The van der Waals surface area contributed by atoms with Crippen molar-refractivity contribution in [1.82, 2.24) is 10.6 Å². The van der Waals surface area contributed by atoms with Crippen LogP contribution in [0.15, 0.2) is 0 Å². The van der Waals surface area contributed by atoms with Crippen LogP contribution in [0, 0.1) is 10.8 Å². The van der Waals surface area contributed by atoms with Gasteiger partial charge in [-0.3, -0.25) is 4.79 Å². The van der Waals surface area contributed by atoms with Gasteiger partial charge in [-0.1, -0.05) is 20.8 Å². The molecule has 0 spiro atoms. The predicted octanol–water partition coefficient (Wildman–Crippen LogP) is 1.54. The molecule has 0 aromatic heterocycles. The van der Waals surface area contributed by atoms with Crippen LogP contribution in [0.1, 0.15) is 40.5 Å². The van der Waals surface area contributed by atoms with Gasteiger partial charge in [0.15, 0.2) is 0 Å². The Morgan fingerprint density at radius 2 is 2.13 bits per heavy atom. The largest absolute Gasteiger partial charge is 0.356 e. The first-order valence-corrected chi connectivity index (χ1v) is 5.83. The molecule has 0 radical (unpaired) electrons. The standard InChI is InChI=1S/C12H24N2O/c1-11(2,3)5-8-14-10(15)12(4)6-7-13-9-12/h13H,5-9H2,1-4H3,(H,14,15). The third kappa shape index (κ3) is 3.82. The van der Waals surface area contributed by atoms with Crippen LogP contribution < -0.4 is 10.6 Å². The first kappa shape index (κ1) is 12.5. The Labute approximate surface area is 93.0 Å². The van der Waals surface area contributed by atoms with Crippen LogP contribution in [0.4, 0.5) is 0 Å². The third-order valence-corrected chi connectivity index (χ3v) is 3.08. The predicted molar refractivity (Wildman–Crippen MR) is 62.7 cm³/mol. The van der Waals surface area contributed by atoms with Crippen LogP contribution in [0.2, 0.25) is 0 Å². The molecule has 15 heavy (non-hydrogen) atoms. The molecule has 0 bridgehead atoms. The van der Waals surface area contributed by atoms with Crippen LogP contribution in [0.25, 0.3) is 0 Å². The summed E-state index contributed by atoms with van der Waals surface area (Å²) < 4.78 is 0. The Bertz CT molecular complexity index is 224. The van der Waals surface area contributed by atoms with Crippen LogP contribution in [-0.4, -0.2) is 25.5 Å². The van der Waals surface area contributed by atoms with E-state index in [-0.39, 0.29) is 11.3 Å². The Morgan fingerprint density at radius 1 is 1.47 bits per heavy atom. The van der Waals surface area contributed by atoms with E-state index >= 15 is 0 Å². The number of carbonyl (C=O) groups excluding carboxylic acids is 1. The highest BCUT2D eigenvalue weighted by Gasteiger charge is 2.35. The maximum Gasteiger partial charge on any atom is 0.227 e. The zero-order valence-electron chi connectivity index (χ0n) is 10.4. The van der Waals surface area contributed by atoms with E-state index in [0.29, 0.717) is 5.41 Å². The highest BCUT2D eigenvalue weighted by Crippen LogP contribution is 2.24. The molecule has 1 saturated heterocycles. The molecule has 1 aliphatic rings. The summed E-state index contributed by atoms with van der Waals surface area (Å²) in [6, 6.07) is 0. The molecule has 0 saturated carbocycles. The molecular weight excluding hydrogens is 188 g/mol. The van der Waals surface area contributed by atoms with E-state index < -0.39 is 0 Å². The number of nitrogens with one attached hydrogen (secondary N) is 2. The molecule has 3 nitrogen and oxygen atoms in total. The minimum absolute atomic E-state index is 0.183. The minimum atomic E-state index is -0.183. The Hall–Kier alpha value is -0.570. The van der Waals surface area contributed by atoms with E-state index in [0.717, 1.165) is 32.5 Å². The lowest BCUT2D eigenvalue weighted by molar-refractivity contribution is -0.129. The van der Waals surface area contributed by atoms with E-state index in [4.69, 9.17) is 0 Å². The molecule has 1 heterocycles. The summed E-state index contributed by atoms with van der Waals surface area (Å²) in [5.41, 5.74) is 0.111. The number of amides is 1. The smallest absolute Gasteiger partial charge is 0.227 e. The van der Waals surface area contributed by atoms with Gasteiger partial charge in [0.2, 0.25) is 5.91 Å². The minimum Gasteiger partial charge on any atom is -0.356 e. The summed E-state index contributed by atoms with van der Waals surface area (Å²) in [6.07, 6.45) is 1.98. The average Bonchev–Trinajstić information content (AvgIpc) is 2.51. The second kappa shape index (κ2) is 4.52. The van der Waals surface area contributed by atoms with Gasteiger partial charge in [0.05, 0.1) is 5.41 Å². The normalized spacial score (nSPS) is 26.7. The lowest BCUT2D eigenvalue weighted by atomic mass is 9.88. The van der Waals surface area contributed by atoms with Crippen LogP contribution >= 0.6 is 0 Å². The molecular formula is C12H24N2O. The monoisotopic (exact) mass is 212 g/mol. The number of carbonyl (C=O) groups is 1. The van der Waals surface area contributed by atoms with Gasteiger partial charge >= 0.3 is 0 Å². The SMILES string of the molecule is CC(C)(C)CCNC(=O)C1(C)CCNC1. The number of hydrogen-bond donors (Lipinski definition) is 2. The lowest BCUT2D eigenvalue weighted by Gasteiger charge is -2.23. The summed E-state index contributed by atoms with van der Waals surface area (Å²) in [5, 5.41) is 6.28. The Kier molecular flexibility index (Phi) is 3.77. The van der Waals surface area contributed by atoms with Crippen molar-refractivity contribution in [3.8, 4) is 0 Å². The summed E-state index contributed by atoms with van der Waals surface area (Å²) in [5.74, 6) is 0.205. The van der Waals surface area contributed by atoms with E-state index in [1.54, 1.807) is 0 Å². The number of hydrogen-bond acceptors (Lipinski definition) is 2. The van der Waals surface area contributed by atoms with Crippen molar-refractivity contribution in [1.29, 1.82) is 0 Å². The van der Waals surface area contributed by atoms with Crippen molar-refractivity contribution in [3.63, 3.8) is 0 Å². The highest BCUT2D eigenvalue weighted by molar-refractivity contribution is 5.82. The van der Waals surface area contributed by atoms with Gasteiger partial charge in [-0.2, -0.15) is 0 Å². The molecule has 1 aliphatic heterocycles. The summed E-state index contributed by atoms with van der Waals surface area (Å²) in [6.45, 7) is 11.2. The first-order chi connectivity index (χ1) is 6.83. The zero-order valence-corrected chi connectivity index (χ0v) is 10.4. The molecule has 0 aromatic rings. The Balaban J connectivity index is 2.30. The maximum absolute atomic E-state index is 11.9. The first-order valence-electron chi connectivity index (χ1n) is 5.83. The van der Waals surface area contributed by atoms with Gasteiger partial charge in [0.1, 0.15) is 0 Å². The van der Waals surface area contributed by atoms with Crippen molar-refractivity contribution >= 4 is 5.91 Å². The number of rotatable bonds is 3. The van der Waals surface area contributed by atoms with E-state index in [2.05, 4.69) is 31.4 Å². The molecule has 0 aliphatic carbocycles. The second-order valence-electron chi connectivity index (χ2n) is 6.05. The fourth-order valence-corrected chi connectivity index (χ4v) is 1.78. The molecule has 1 unspecified atom stereocenters. The van der Waals surface area contributed by atoms with Crippen molar-refractivity contribution in [2.24, 2.45) is 10.8 Å². The molecule has 88 valence electrons. The van der Waals surface area contributed by atoms with Crippen LogP contribution in [-0.2, 0) is 4.79 Å². The van der Waals surface area contributed by atoms with Gasteiger partial charge in [-0.05, 0) is 31.7 Å². The molecule has 0 aromatic carbocycles. The molecule has 1 amide bonds. The van der Waals surface area contributed by atoms with E-state index in [1.165, 1.54) is 0 Å². The van der Waals surface area contributed by atoms with Gasteiger partial charge in [-0.25, -0.2) is 0 Å². The molecule has 1 atom stereocenters. The van der Waals surface area contributed by atoms with Crippen molar-refractivity contribution in [3.05, 3.63) is 0 Å². The zero-order chi connectivity index (χ0) is 11.5. The molecule has 3 heteroatoms. The van der Waals surface area contributed by atoms with Crippen molar-refractivity contribution < 1.29 is 4.79 Å². The second-order valence-corrected chi connectivity index (χ2v) is 6.05. The van der Waals surface area contributed by atoms with Crippen molar-refractivity contribution in [2.75, 3.05) is 19.6 Å². The van der Waals surface area contributed by atoms with Gasteiger partial charge in [-0.15, -0.1) is 0 Å². The molecule has 1 rings (SSSR count). The fraction of sp³-hybridized carbons (Fsp3) is 0.917. The van der Waals surface area contributed by atoms with E-state index in [1.807, 2.05) is 6.92 Å². The Morgan fingerprint density at radius 3 is 2.60 bits per heavy atom. The quantitative estimate of drug-likeness (QED) is 0.745. The molecule has 1 fully saturated rings. The summed E-state index contributed by atoms with van der Waals surface area (Å²) in [7, 11) is 0. The third-order valence-electron chi connectivity index (χ3n) is 3.08. The highest BCUT2D eigenvalue weighted by atomic mass is 16.2. The van der Waals surface area contributed by atoms with Gasteiger partial charge in [0.25, 0.3) is 0 Å². The van der Waals surface area contributed by atoms with Crippen LogP contribution in [0.3, 0.4) is 0 Å². The summed E-state index contributed by atoms with van der Waals surface area (Å²) >= 11 is 0. The van der Waals surface area contributed by atoms with Gasteiger partial charge < -0.3 is 10.6 Å². The topological polar surface area (TPSA) is 41.1 Å². The van der Waals surface area contributed by atoms with Crippen LogP contribution in [0.5, 0.6) is 0 Å². The lowest BCUT2D eigenvalue weighted by Crippen LogP contribution is -2.41. The average molecular weight is 212 g/mol. The fourth-order valence-electron chi connectivity index (χ4n) is 1.78. The maximum atomic E-state index is 11.9.